The van der Waals surface area contributed by atoms with E-state index in [0.29, 0.717) is 12.3 Å². The van der Waals surface area contributed by atoms with Crippen LogP contribution in [0.5, 0.6) is 5.75 Å². The van der Waals surface area contributed by atoms with Gasteiger partial charge in [-0.3, -0.25) is 0 Å². The monoisotopic (exact) mass is 379 g/mol. The molecule has 1 aromatic heterocycles. The minimum Gasteiger partial charge on any atom is -0.382 e. The summed E-state index contributed by atoms with van der Waals surface area (Å²) in [6.07, 6.45) is 1.07. The van der Waals surface area contributed by atoms with Crippen LogP contribution in [0.1, 0.15) is 16.8 Å². The lowest BCUT2D eigenvalue weighted by Gasteiger charge is -2.12. The smallest absolute Gasteiger partial charge is 0.306 e. The van der Waals surface area contributed by atoms with E-state index in [-0.39, 0.29) is 0 Å². The van der Waals surface area contributed by atoms with Crippen molar-refractivity contribution < 1.29 is 12.6 Å². The van der Waals surface area contributed by atoms with Crippen LogP contribution >= 0.6 is 0 Å². The van der Waals surface area contributed by atoms with Crippen molar-refractivity contribution in [2.75, 3.05) is 6.26 Å². The van der Waals surface area contributed by atoms with Crippen molar-refractivity contribution in [1.29, 1.82) is 0 Å². The van der Waals surface area contributed by atoms with Crippen molar-refractivity contribution in [2.24, 2.45) is 0 Å². The molecule has 0 saturated heterocycles. The summed E-state index contributed by atoms with van der Waals surface area (Å²) in [5.41, 5.74) is 4.53. The van der Waals surface area contributed by atoms with Gasteiger partial charge >= 0.3 is 10.1 Å². The van der Waals surface area contributed by atoms with Gasteiger partial charge in [0, 0.05) is 29.1 Å². The number of benzene rings is 3. The van der Waals surface area contributed by atoms with Gasteiger partial charge in [-0.1, -0.05) is 54.6 Å². The van der Waals surface area contributed by atoms with Gasteiger partial charge in [0.05, 0.1) is 11.8 Å². The fourth-order valence-electron chi connectivity index (χ4n) is 3.70. The fraction of sp³-hybridized carbons (Fsp3) is 0.182. The molecule has 0 amide bonds. The molecule has 0 aliphatic heterocycles. The minimum absolute atomic E-state index is 0.368. The van der Waals surface area contributed by atoms with Crippen LogP contribution in [0, 0.1) is 13.8 Å². The normalized spacial score (nSPS) is 12.0. The summed E-state index contributed by atoms with van der Waals surface area (Å²) in [6.45, 7) is 4.93. The number of aryl methyl sites for hydroxylation is 1. The van der Waals surface area contributed by atoms with Crippen LogP contribution in [0.25, 0.3) is 21.7 Å². The molecule has 0 saturated carbocycles. The van der Waals surface area contributed by atoms with Crippen LogP contribution in [0.4, 0.5) is 0 Å². The predicted octanol–water partition coefficient (Wildman–Crippen LogP) is 4.80. The van der Waals surface area contributed by atoms with Gasteiger partial charge in [-0.25, -0.2) is 0 Å². The van der Waals surface area contributed by atoms with Gasteiger partial charge in [0.2, 0.25) is 0 Å². The van der Waals surface area contributed by atoms with Crippen LogP contribution in [0.3, 0.4) is 0 Å². The van der Waals surface area contributed by atoms with Gasteiger partial charge in [-0.15, -0.1) is 0 Å². The van der Waals surface area contributed by atoms with Gasteiger partial charge in [0.25, 0.3) is 0 Å². The second kappa shape index (κ2) is 6.43. The summed E-state index contributed by atoms with van der Waals surface area (Å²) < 4.78 is 31.2. The standard InChI is InChI=1S/C22H21NO3S/c1-15-16(2)23(14-17-9-5-4-6-10-17)20-13-21(26-27(3,24)25)18-11-7-8-12-19(18)22(15)20/h4-13H,14H2,1-3H3. The average Bonchev–Trinajstić information content (AvgIpc) is 2.86. The molecule has 1 heterocycles. The minimum atomic E-state index is -3.62. The highest BCUT2D eigenvalue weighted by Gasteiger charge is 2.18. The Bertz CT molecular complexity index is 1260. The zero-order chi connectivity index (χ0) is 19.2. The third-order valence-electron chi connectivity index (χ3n) is 5.02. The summed E-state index contributed by atoms with van der Waals surface area (Å²) in [5, 5.41) is 2.94. The molecular formula is C22H21NO3S. The number of hydrogen-bond donors (Lipinski definition) is 0. The summed E-state index contributed by atoms with van der Waals surface area (Å²) in [7, 11) is -3.62. The lowest BCUT2D eigenvalue weighted by Crippen LogP contribution is -2.07. The van der Waals surface area contributed by atoms with Gasteiger partial charge < -0.3 is 8.75 Å². The third-order valence-corrected chi connectivity index (χ3v) is 5.51. The van der Waals surface area contributed by atoms with Gasteiger partial charge in [0.15, 0.2) is 5.75 Å². The number of fused-ring (bicyclic) bond motifs is 3. The van der Waals surface area contributed by atoms with E-state index in [1.165, 1.54) is 11.1 Å². The lowest BCUT2D eigenvalue weighted by atomic mass is 10.0. The van der Waals surface area contributed by atoms with E-state index < -0.39 is 10.1 Å². The first-order valence-electron chi connectivity index (χ1n) is 8.79. The zero-order valence-corrected chi connectivity index (χ0v) is 16.4. The Hall–Kier alpha value is -2.79. The van der Waals surface area contributed by atoms with Crippen molar-refractivity contribution >= 4 is 31.8 Å². The first-order valence-corrected chi connectivity index (χ1v) is 10.6. The van der Waals surface area contributed by atoms with E-state index in [1.54, 1.807) is 0 Å². The van der Waals surface area contributed by atoms with Gasteiger partial charge in [-0.05, 0) is 30.4 Å². The molecule has 0 aliphatic carbocycles. The van der Waals surface area contributed by atoms with Crippen LogP contribution in [0.15, 0.2) is 60.7 Å². The molecule has 0 atom stereocenters. The molecule has 5 heteroatoms. The number of aromatic nitrogens is 1. The van der Waals surface area contributed by atoms with Crippen molar-refractivity contribution in [2.45, 2.75) is 20.4 Å². The number of hydrogen-bond acceptors (Lipinski definition) is 3. The molecule has 0 spiro atoms. The highest BCUT2D eigenvalue weighted by Crippen LogP contribution is 2.38. The van der Waals surface area contributed by atoms with E-state index in [1.807, 2.05) is 48.5 Å². The van der Waals surface area contributed by atoms with Crippen molar-refractivity contribution in [3.63, 3.8) is 0 Å². The molecule has 0 fully saturated rings. The Morgan fingerprint density at radius 2 is 1.56 bits per heavy atom. The number of rotatable bonds is 4. The third kappa shape index (κ3) is 3.19. The summed E-state index contributed by atoms with van der Waals surface area (Å²) in [4.78, 5) is 0. The first kappa shape index (κ1) is 17.6. The molecule has 4 nitrogen and oxygen atoms in total. The zero-order valence-electron chi connectivity index (χ0n) is 15.6. The highest BCUT2D eigenvalue weighted by atomic mass is 32.2. The Balaban J connectivity index is 2.04. The van der Waals surface area contributed by atoms with Crippen molar-refractivity contribution in [3.8, 4) is 5.75 Å². The molecular weight excluding hydrogens is 358 g/mol. The van der Waals surface area contributed by atoms with Gasteiger partial charge in [-0.2, -0.15) is 8.42 Å². The topological polar surface area (TPSA) is 48.3 Å². The Morgan fingerprint density at radius 3 is 2.22 bits per heavy atom. The summed E-state index contributed by atoms with van der Waals surface area (Å²) in [6, 6.07) is 19.9. The summed E-state index contributed by atoms with van der Waals surface area (Å²) in [5.74, 6) is 0.368. The molecule has 0 bridgehead atoms. The van der Waals surface area contributed by atoms with E-state index in [0.717, 1.165) is 33.6 Å². The quantitative estimate of drug-likeness (QED) is 0.479. The molecule has 0 radical (unpaired) electrons. The van der Waals surface area contributed by atoms with E-state index in [9.17, 15) is 8.42 Å². The van der Waals surface area contributed by atoms with E-state index in [4.69, 9.17) is 4.18 Å². The van der Waals surface area contributed by atoms with Crippen LogP contribution < -0.4 is 4.18 Å². The first-order chi connectivity index (χ1) is 12.8. The molecule has 0 aliphatic rings. The van der Waals surface area contributed by atoms with Crippen molar-refractivity contribution in [1.82, 2.24) is 4.57 Å². The molecule has 3 aromatic carbocycles. The SMILES string of the molecule is Cc1c(C)n(Cc2ccccc2)c2cc(OS(C)(=O)=O)c3ccccc3c12. The molecule has 4 rings (SSSR count). The Labute approximate surface area is 159 Å². The van der Waals surface area contributed by atoms with Crippen LogP contribution in [-0.4, -0.2) is 19.2 Å². The lowest BCUT2D eigenvalue weighted by molar-refractivity contribution is 0.496. The maximum absolute atomic E-state index is 11.8. The maximum Gasteiger partial charge on any atom is 0.306 e. The van der Waals surface area contributed by atoms with Gasteiger partial charge in [0.1, 0.15) is 0 Å². The maximum atomic E-state index is 11.8. The Morgan fingerprint density at radius 1 is 0.926 bits per heavy atom. The largest absolute Gasteiger partial charge is 0.382 e. The molecule has 0 N–H and O–H groups in total. The van der Waals surface area contributed by atoms with Crippen molar-refractivity contribution in [3.05, 3.63) is 77.5 Å². The molecule has 0 unspecified atom stereocenters. The van der Waals surface area contributed by atoms with Crippen LogP contribution in [0.2, 0.25) is 0 Å². The highest BCUT2D eigenvalue weighted by molar-refractivity contribution is 7.86. The number of nitrogens with zero attached hydrogens (tertiary/aromatic N) is 1. The average molecular weight is 379 g/mol. The Kier molecular flexibility index (Phi) is 4.19. The van der Waals surface area contributed by atoms with Crippen LogP contribution in [-0.2, 0) is 16.7 Å². The summed E-state index contributed by atoms with van der Waals surface area (Å²) >= 11 is 0. The molecule has 27 heavy (non-hydrogen) atoms. The van der Waals surface area contributed by atoms with E-state index >= 15 is 0 Å². The second-order valence-corrected chi connectivity index (χ2v) is 8.46. The second-order valence-electron chi connectivity index (χ2n) is 6.88. The predicted molar refractivity (Wildman–Crippen MR) is 110 cm³/mol. The molecule has 138 valence electrons. The van der Waals surface area contributed by atoms with E-state index in [2.05, 4.69) is 30.5 Å². The molecule has 4 aromatic rings. The fourth-order valence-corrected chi connectivity index (χ4v) is 4.16.